The average molecular weight is 354 g/mol. The minimum absolute atomic E-state index is 0.0135. The van der Waals surface area contributed by atoms with Gasteiger partial charge in [-0.15, -0.1) is 0 Å². The molecule has 0 aliphatic heterocycles. The summed E-state index contributed by atoms with van der Waals surface area (Å²) in [6.07, 6.45) is 1.40. The Hall–Kier alpha value is -3.12. The number of Topliss-reactive ketones (excluding diaryl/α,β-unsaturated/α-hetero) is 1. The molecule has 126 valence electrons. The molecule has 0 atom stereocenters. The number of hydrogen-bond acceptors (Lipinski definition) is 6. The SMILES string of the molecule is CC(=O)c1cccc(Nc2ncnc(Nc3ccccc3Cl)c2N)c1. The molecule has 0 bridgehead atoms. The fraction of sp³-hybridized carbons (Fsp3) is 0.0556. The lowest BCUT2D eigenvalue weighted by Crippen LogP contribution is -2.05. The number of nitrogen functional groups attached to an aromatic ring is 1. The Balaban J connectivity index is 1.88. The number of nitrogens with zero attached hydrogens (tertiary/aromatic N) is 2. The Labute approximate surface area is 150 Å². The second kappa shape index (κ2) is 7.19. The van der Waals surface area contributed by atoms with Crippen LogP contribution in [0.1, 0.15) is 17.3 Å². The summed E-state index contributed by atoms with van der Waals surface area (Å²) in [6, 6.07) is 14.4. The number of nitrogens with one attached hydrogen (secondary N) is 2. The van der Waals surface area contributed by atoms with Crippen molar-refractivity contribution < 1.29 is 4.79 Å². The predicted octanol–water partition coefficient (Wildman–Crippen LogP) is 4.40. The molecule has 0 saturated heterocycles. The summed E-state index contributed by atoms with van der Waals surface area (Å²) in [7, 11) is 0. The summed E-state index contributed by atoms with van der Waals surface area (Å²) >= 11 is 6.15. The third-order valence-electron chi connectivity index (χ3n) is 3.54. The van der Waals surface area contributed by atoms with Gasteiger partial charge in [0, 0.05) is 11.3 Å². The van der Waals surface area contributed by atoms with Gasteiger partial charge in [-0.3, -0.25) is 4.79 Å². The first-order valence-electron chi connectivity index (χ1n) is 7.54. The highest BCUT2D eigenvalue weighted by Gasteiger charge is 2.10. The zero-order valence-electron chi connectivity index (χ0n) is 13.5. The van der Waals surface area contributed by atoms with Crippen LogP contribution in [-0.2, 0) is 0 Å². The van der Waals surface area contributed by atoms with Crippen molar-refractivity contribution >= 4 is 46.1 Å². The molecule has 3 rings (SSSR count). The Kier molecular flexibility index (Phi) is 4.81. The number of halogens is 1. The van der Waals surface area contributed by atoms with Crippen molar-refractivity contribution in [2.75, 3.05) is 16.4 Å². The van der Waals surface area contributed by atoms with Crippen molar-refractivity contribution in [3.05, 3.63) is 65.4 Å². The van der Waals surface area contributed by atoms with Crippen molar-refractivity contribution in [3.63, 3.8) is 0 Å². The summed E-state index contributed by atoms with van der Waals surface area (Å²) in [5.74, 6) is 0.860. The Morgan fingerprint density at radius 1 is 1.04 bits per heavy atom. The zero-order valence-corrected chi connectivity index (χ0v) is 14.2. The molecule has 1 aromatic heterocycles. The van der Waals surface area contributed by atoms with Gasteiger partial charge in [0.25, 0.3) is 0 Å². The number of anilines is 5. The minimum atomic E-state index is -0.0135. The largest absolute Gasteiger partial charge is 0.393 e. The molecule has 2 aromatic carbocycles. The third-order valence-corrected chi connectivity index (χ3v) is 3.87. The van der Waals surface area contributed by atoms with Gasteiger partial charge in [0.1, 0.15) is 12.0 Å². The van der Waals surface area contributed by atoms with Gasteiger partial charge in [-0.05, 0) is 31.2 Å². The van der Waals surface area contributed by atoms with Gasteiger partial charge < -0.3 is 16.4 Å². The molecule has 4 N–H and O–H groups in total. The Morgan fingerprint density at radius 2 is 1.76 bits per heavy atom. The summed E-state index contributed by atoms with van der Waals surface area (Å²) < 4.78 is 0. The number of carbonyl (C=O) groups is 1. The first-order valence-corrected chi connectivity index (χ1v) is 7.92. The van der Waals surface area contributed by atoms with Crippen LogP contribution in [0, 0.1) is 0 Å². The molecule has 0 spiro atoms. The van der Waals surface area contributed by atoms with Crippen LogP contribution in [0.3, 0.4) is 0 Å². The molecule has 0 fully saturated rings. The van der Waals surface area contributed by atoms with E-state index in [0.717, 1.165) is 0 Å². The van der Waals surface area contributed by atoms with Gasteiger partial charge in [0.2, 0.25) is 0 Å². The molecule has 0 amide bonds. The van der Waals surface area contributed by atoms with E-state index in [-0.39, 0.29) is 5.78 Å². The minimum Gasteiger partial charge on any atom is -0.393 e. The molecule has 0 aliphatic rings. The fourth-order valence-corrected chi connectivity index (χ4v) is 2.42. The highest BCUT2D eigenvalue weighted by molar-refractivity contribution is 6.33. The maximum atomic E-state index is 11.5. The third kappa shape index (κ3) is 3.87. The van der Waals surface area contributed by atoms with E-state index in [2.05, 4.69) is 20.6 Å². The maximum absolute atomic E-state index is 11.5. The van der Waals surface area contributed by atoms with Crippen molar-refractivity contribution in [2.45, 2.75) is 6.92 Å². The van der Waals surface area contributed by atoms with Crippen LogP contribution < -0.4 is 16.4 Å². The number of hydrogen-bond donors (Lipinski definition) is 3. The molecule has 25 heavy (non-hydrogen) atoms. The molecule has 3 aromatic rings. The lowest BCUT2D eigenvalue weighted by Gasteiger charge is -2.13. The highest BCUT2D eigenvalue weighted by atomic mass is 35.5. The number of nitrogens with two attached hydrogens (primary N) is 1. The molecule has 1 heterocycles. The molecule has 7 heteroatoms. The molecular weight excluding hydrogens is 338 g/mol. The first-order chi connectivity index (χ1) is 12.0. The van der Waals surface area contributed by atoms with E-state index >= 15 is 0 Å². The molecule has 0 saturated carbocycles. The number of para-hydroxylation sites is 1. The van der Waals surface area contributed by atoms with Gasteiger partial charge in [-0.25, -0.2) is 9.97 Å². The average Bonchev–Trinajstić information content (AvgIpc) is 2.60. The van der Waals surface area contributed by atoms with E-state index in [1.807, 2.05) is 24.3 Å². The van der Waals surface area contributed by atoms with Crippen molar-refractivity contribution in [1.29, 1.82) is 0 Å². The number of carbonyl (C=O) groups excluding carboxylic acids is 1. The lowest BCUT2D eigenvalue weighted by molar-refractivity contribution is 0.101. The van der Waals surface area contributed by atoms with Crippen molar-refractivity contribution in [3.8, 4) is 0 Å². The zero-order chi connectivity index (χ0) is 17.8. The number of rotatable bonds is 5. The highest BCUT2D eigenvalue weighted by Crippen LogP contribution is 2.30. The summed E-state index contributed by atoms with van der Waals surface area (Å²) in [6.45, 7) is 1.52. The van der Waals surface area contributed by atoms with E-state index in [1.54, 1.807) is 24.3 Å². The standard InChI is InChI=1S/C18H16ClN5O/c1-11(25)12-5-4-6-13(9-12)23-17-16(20)18(22-10-21-17)24-15-8-3-2-7-14(15)19/h2-10H,20H2,1H3,(H2,21,22,23,24). The van der Waals surface area contributed by atoms with Crippen LogP contribution in [0.5, 0.6) is 0 Å². The second-order valence-corrected chi connectivity index (χ2v) is 5.76. The van der Waals surface area contributed by atoms with Crippen LogP contribution >= 0.6 is 11.6 Å². The van der Waals surface area contributed by atoms with Crippen molar-refractivity contribution in [1.82, 2.24) is 9.97 Å². The normalized spacial score (nSPS) is 10.3. The van der Waals surface area contributed by atoms with E-state index in [1.165, 1.54) is 13.3 Å². The topological polar surface area (TPSA) is 92.9 Å². The summed E-state index contributed by atoms with van der Waals surface area (Å²) in [5, 5.41) is 6.76. The molecule has 0 unspecified atom stereocenters. The molecular formula is C18H16ClN5O. The first kappa shape index (κ1) is 16.7. The summed E-state index contributed by atoms with van der Waals surface area (Å²) in [4.78, 5) is 19.8. The van der Waals surface area contributed by atoms with Crippen LogP contribution in [0.2, 0.25) is 5.02 Å². The van der Waals surface area contributed by atoms with Crippen molar-refractivity contribution in [2.24, 2.45) is 0 Å². The van der Waals surface area contributed by atoms with Gasteiger partial charge in [-0.1, -0.05) is 35.9 Å². The number of benzene rings is 2. The van der Waals surface area contributed by atoms with E-state index in [4.69, 9.17) is 17.3 Å². The van der Waals surface area contributed by atoms with Crippen LogP contribution in [0.4, 0.5) is 28.7 Å². The van der Waals surface area contributed by atoms with Crippen LogP contribution in [0.15, 0.2) is 54.9 Å². The van der Waals surface area contributed by atoms with Crippen LogP contribution in [0.25, 0.3) is 0 Å². The number of ketones is 1. The van der Waals surface area contributed by atoms with E-state index in [0.29, 0.717) is 39.3 Å². The Morgan fingerprint density at radius 3 is 2.48 bits per heavy atom. The quantitative estimate of drug-likeness (QED) is 0.588. The lowest BCUT2D eigenvalue weighted by atomic mass is 10.1. The van der Waals surface area contributed by atoms with E-state index in [9.17, 15) is 4.79 Å². The maximum Gasteiger partial charge on any atom is 0.159 e. The fourth-order valence-electron chi connectivity index (χ4n) is 2.24. The smallest absolute Gasteiger partial charge is 0.159 e. The van der Waals surface area contributed by atoms with Gasteiger partial charge >= 0.3 is 0 Å². The monoisotopic (exact) mass is 353 g/mol. The van der Waals surface area contributed by atoms with Crippen LogP contribution in [-0.4, -0.2) is 15.8 Å². The Bertz CT molecular complexity index is 929. The molecule has 6 nitrogen and oxygen atoms in total. The van der Waals surface area contributed by atoms with Gasteiger partial charge in [-0.2, -0.15) is 0 Å². The van der Waals surface area contributed by atoms with E-state index < -0.39 is 0 Å². The van der Waals surface area contributed by atoms with Gasteiger partial charge in [0.15, 0.2) is 17.4 Å². The molecule has 0 aliphatic carbocycles. The van der Waals surface area contributed by atoms with Gasteiger partial charge in [0.05, 0.1) is 10.7 Å². The summed E-state index contributed by atoms with van der Waals surface area (Å²) in [5.41, 5.74) is 8.52. The number of aromatic nitrogens is 2. The molecule has 0 radical (unpaired) electrons. The second-order valence-electron chi connectivity index (χ2n) is 5.35. The predicted molar refractivity (Wildman–Crippen MR) is 101 cm³/mol.